The number of rotatable bonds is 2. The van der Waals surface area contributed by atoms with Gasteiger partial charge < -0.3 is 0 Å². The van der Waals surface area contributed by atoms with Crippen LogP contribution >= 0.6 is 34.5 Å². The fourth-order valence-corrected chi connectivity index (χ4v) is 2.21. The molecule has 0 aliphatic heterocycles. The molecule has 1 aromatic heterocycles. The Morgan fingerprint density at radius 2 is 2.00 bits per heavy atom. The summed E-state index contributed by atoms with van der Waals surface area (Å²) in [6.45, 7) is 0. The summed E-state index contributed by atoms with van der Waals surface area (Å²) in [6, 6.07) is 11.2. The van der Waals surface area contributed by atoms with Gasteiger partial charge in [-0.3, -0.25) is 4.99 Å². The van der Waals surface area contributed by atoms with Gasteiger partial charge in [-0.1, -0.05) is 29.3 Å². The summed E-state index contributed by atoms with van der Waals surface area (Å²) in [5, 5.41) is 0.689. The van der Waals surface area contributed by atoms with E-state index in [1.165, 1.54) is 11.3 Å². The Morgan fingerprint density at radius 1 is 1.13 bits per heavy atom. The maximum absolute atomic E-state index is 5.84. The number of nitrogens with zero attached hydrogens (tertiary/aromatic N) is 1. The van der Waals surface area contributed by atoms with Crippen LogP contribution in [0.4, 0.5) is 5.69 Å². The molecule has 4 heteroatoms. The molecule has 15 heavy (non-hydrogen) atoms. The topological polar surface area (TPSA) is 12.4 Å². The monoisotopic (exact) mass is 255 g/mol. The Morgan fingerprint density at radius 3 is 2.67 bits per heavy atom. The van der Waals surface area contributed by atoms with Crippen molar-refractivity contribution in [3.05, 3.63) is 50.6 Å². The molecule has 1 nitrogen and oxygen atoms in total. The molecular formula is C11H7Cl2NS. The smallest absolute Gasteiger partial charge is 0.0935 e. The summed E-state index contributed by atoms with van der Waals surface area (Å²) in [7, 11) is 0. The Balaban J connectivity index is 2.18. The van der Waals surface area contributed by atoms with Crippen molar-refractivity contribution < 1.29 is 0 Å². The average Bonchev–Trinajstić information content (AvgIpc) is 2.62. The van der Waals surface area contributed by atoms with Gasteiger partial charge in [-0.2, -0.15) is 0 Å². The van der Waals surface area contributed by atoms with Crippen LogP contribution in [0, 0.1) is 0 Å². The van der Waals surface area contributed by atoms with Gasteiger partial charge in [-0.15, -0.1) is 11.3 Å². The highest BCUT2D eigenvalue weighted by Crippen LogP contribution is 2.21. The van der Waals surface area contributed by atoms with E-state index in [1.807, 2.05) is 36.4 Å². The van der Waals surface area contributed by atoms with Gasteiger partial charge in [0.05, 0.1) is 10.0 Å². The lowest BCUT2D eigenvalue weighted by molar-refractivity contribution is 1.54. The molecule has 0 N–H and O–H groups in total. The molecule has 1 aromatic carbocycles. The third kappa shape index (κ3) is 3.06. The minimum Gasteiger partial charge on any atom is -0.255 e. The second-order valence-electron chi connectivity index (χ2n) is 2.88. The second-order valence-corrected chi connectivity index (χ2v) is 5.06. The summed E-state index contributed by atoms with van der Waals surface area (Å²) in [5.41, 5.74) is 0.840. The molecule has 76 valence electrons. The lowest BCUT2D eigenvalue weighted by Crippen LogP contribution is -1.71. The van der Waals surface area contributed by atoms with Gasteiger partial charge in [0, 0.05) is 16.1 Å². The molecule has 0 aliphatic rings. The SMILES string of the molecule is Clc1cccc(N=Cc2ccc(Cl)s2)c1. The second kappa shape index (κ2) is 4.79. The molecule has 0 amide bonds. The molecule has 0 unspecified atom stereocenters. The number of aliphatic imine (C=N–C) groups is 1. The van der Waals surface area contributed by atoms with E-state index in [9.17, 15) is 0 Å². The van der Waals surface area contributed by atoms with Crippen LogP contribution in [0.5, 0.6) is 0 Å². The number of hydrogen-bond donors (Lipinski definition) is 0. The third-order valence-electron chi connectivity index (χ3n) is 1.74. The van der Waals surface area contributed by atoms with Crippen molar-refractivity contribution in [3.63, 3.8) is 0 Å². The largest absolute Gasteiger partial charge is 0.255 e. The van der Waals surface area contributed by atoms with Crippen LogP contribution in [0.15, 0.2) is 41.4 Å². The van der Waals surface area contributed by atoms with Crippen molar-refractivity contribution in [1.29, 1.82) is 0 Å². The van der Waals surface area contributed by atoms with E-state index in [1.54, 1.807) is 6.21 Å². The molecule has 0 atom stereocenters. The molecule has 0 radical (unpaired) electrons. The number of halogens is 2. The van der Waals surface area contributed by atoms with E-state index in [4.69, 9.17) is 23.2 Å². The lowest BCUT2D eigenvalue weighted by atomic mass is 10.3. The first-order valence-electron chi connectivity index (χ1n) is 4.29. The van der Waals surface area contributed by atoms with Crippen molar-refractivity contribution in [2.24, 2.45) is 4.99 Å². The van der Waals surface area contributed by atoms with Gasteiger partial charge in [-0.05, 0) is 30.3 Å². The van der Waals surface area contributed by atoms with Crippen LogP contribution < -0.4 is 0 Å². The van der Waals surface area contributed by atoms with Crippen molar-refractivity contribution in [1.82, 2.24) is 0 Å². The van der Waals surface area contributed by atoms with Gasteiger partial charge in [0.15, 0.2) is 0 Å². The summed E-state index contributed by atoms with van der Waals surface area (Å²) >= 11 is 13.1. The molecule has 0 saturated carbocycles. The Hall–Kier alpha value is -0.830. The number of thiophene rings is 1. The quantitative estimate of drug-likeness (QED) is 0.684. The van der Waals surface area contributed by atoms with Gasteiger partial charge in [-0.25, -0.2) is 0 Å². The summed E-state index contributed by atoms with van der Waals surface area (Å²) in [4.78, 5) is 5.32. The maximum atomic E-state index is 5.84. The molecule has 0 saturated heterocycles. The summed E-state index contributed by atoms with van der Waals surface area (Å²) in [5.74, 6) is 0. The summed E-state index contributed by atoms with van der Waals surface area (Å²) < 4.78 is 0.766. The molecule has 1 heterocycles. The van der Waals surface area contributed by atoms with Gasteiger partial charge in [0.25, 0.3) is 0 Å². The maximum Gasteiger partial charge on any atom is 0.0935 e. The van der Waals surface area contributed by atoms with Crippen LogP contribution in [0.25, 0.3) is 0 Å². The zero-order valence-electron chi connectivity index (χ0n) is 7.65. The Labute approximate surface area is 102 Å². The predicted octanol–water partition coefficient (Wildman–Crippen LogP) is 4.81. The van der Waals surface area contributed by atoms with Crippen LogP contribution in [0.3, 0.4) is 0 Å². The standard InChI is InChI=1S/C11H7Cl2NS/c12-8-2-1-3-9(6-8)14-7-10-4-5-11(13)15-10/h1-7H. The van der Waals surface area contributed by atoms with Crippen LogP contribution in [0.1, 0.15) is 4.88 Å². The van der Waals surface area contributed by atoms with E-state index in [2.05, 4.69) is 4.99 Å². The molecule has 2 rings (SSSR count). The Bertz CT molecular complexity index is 491. The summed E-state index contributed by atoms with van der Waals surface area (Å²) in [6.07, 6.45) is 1.78. The van der Waals surface area contributed by atoms with Crippen molar-refractivity contribution in [2.45, 2.75) is 0 Å². The van der Waals surface area contributed by atoms with Crippen LogP contribution in [-0.2, 0) is 0 Å². The van der Waals surface area contributed by atoms with Crippen molar-refractivity contribution in [3.8, 4) is 0 Å². The van der Waals surface area contributed by atoms with Gasteiger partial charge in [0.1, 0.15) is 0 Å². The first-order valence-corrected chi connectivity index (χ1v) is 5.86. The fourth-order valence-electron chi connectivity index (χ4n) is 1.09. The molecule has 2 aromatic rings. The molecule has 0 fully saturated rings. The third-order valence-corrected chi connectivity index (χ3v) is 3.14. The average molecular weight is 256 g/mol. The van der Waals surface area contributed by atoms with E-state index >= 15 is 0 Å². The van der Waals surface area contributed by atoms with Gasteiger partial charge in [0.2, 0.25) is 0 Å². The minimum atomic E-state index is 0.689. The van der Waals surface area contributed by atoms with E-state index in [0.717, 1.165) is 14.9 Å². The molecule has 0 spiro atoms. The Kier molecular flexibility index (Phi) is 3.41. The van der Waals surface area contributed by atoms with Crippen LogP contribution in [0.2, 0.25) is 9.36 Å². The van der Waals surface area contributed by atoms with Crippen molar-refractivity contribution >= 4 is 46.4 Å². The van der Waals surface area contributed by atoms with E-state index in [-0.39, 0.29) is 0 Å². The molecular weight excluding hydrogens is 249 g/mol. The molecule has 0 bridgehead atoms. The molecule has 0 aliphatic carbocycles. The fraction of sp³-hybridized carbons (Fsp3) is 0. The predicted molar refractivity (Wildman–Crippen MR) is 68.0 cm³/mol. The highest BCUT2D eigenvalue weighted by Gasteiger charge is 1.94. The van der Waals surface area contributed by atoms with Crippen molar-refractivity contribution in [2.75, 3.05) is 0 Å². The number of benzene rings is 1. The first-order chi connectivity index (χ1) is 7.24. The highest BCUT2D eigenvalue weighted by atomic mass is 35.5. The minimum absolute atomic E-state index is 0.689. The zero-order valence-corrected chi connectivity index (χ0v) is 9.98. The van der Waals surface area contributed by atoms with E-state index < -0.39 is 0 Å². The zero-order chi connectivity index (χ0) is 10.7. The van der Waals surface area contributed by atoms with Crippen LogP contribution in [-0.4, -0.2) is 6.21 Å². The van der Waals surface area contributed by atoms with Gasteiger partial charge >= 0.3 is 0 Å². The normalized spacial score (nSPS) is 11.1. The lowest BCUT2D eigenvalue weighted by Gasteiger charge is -1.92. The number of hydrogen-bond acceptors (Lipinski definition) is 2. The van der Waals surface area contributed by atoms with E-state index in [0.29, 0.717) is 5.02 Å². The first kappa shape index (κ1) is 10.7. The highest BCUT2D eigenvalue weighted by molar-refractivity contribution is 7.17.